The minimum absolute atomic E-state index is 0.302. The molecule has 1 aliphatic heterocycles. The van der Waals surface area contributed by atoms with E-state index in [1.165, 1.54) is 0 Å². The zero-order valence-electron chi connectivity index (χ0n) is 11.9. The molecule has 1 unspecified atom stereocenters. The molecule has 0 N–H and O–H groups in total. The van der Waals surface area contributed by atoms with Crippen molar-refractivity contribution < 1.29 is 14.3 Å². The van der Waals surface area contributed by atoms with Crippen LogP contribution >= 0.6 is 0 Å². The van der Waals surface area contributed by atoms with E-state index in [1.807, 2.05) is 36.4 Å². The predicted octanol–water partition coefficient (Wildman–Crippen LogP) is 3.50. The average Bonchev–Trinajstić information content (AvgIpc) is 2.90. The number of rotatable bonds is 2. The Morgan fingerprint density at radius 3 is 2.82 bits per heavy atom. The van der Waals surface area contributed by atoms with Gasteiger partial charge in [0.05, 0.1) is 18.2 Å². The summed E-state index contributed by atoms with van der Waals surface area (Å²) in [5.41, 5.74) is 3.24. The lowest BCUT2D eigenvalue weighted by Gasteiger charge is -2.14. The first kappa shape index (κ1) is 12.8. The van der Waals surface area contributed by atoms with E-state index >= 15 is 0 Å². The maximum atomic E-state index is 12.1. The van der Waals surface area contributed by atoms with Crippen LogP contribution in [-0.4, -0.2) is 18.1 Å². The van der Waals surface area contributed by atoms with Gasteiger partial charge in [0, 0.05) is 22.7 Å². The highest BCUT2D eigenvalue weighted by Gasteiger charge is 2.33. The van der Waals surface area contributed by atoms with Gasteiger partial charge in [-0.2, -0.15) is 0 Å². The monoisotopic (exact) mass is 291 g/mol. The van der Waals surface area contributed by atoms with Gasteiger partial charge in [-0.1, -0.05) is 18.2 Å². The summed E-state index contributed by atoms with van der Waals surface area (Å²) in [4.78, 5) is 16.5. The van der Waals surface area contributed by atoms with Crippen molar-refractivity contribution in [3.63, 3.8) is 0 Å². The number of aromatic nitrogens is 1. The van der Waals surface area contributed by atoms with Crippen molar-refractivity contribution in [2.45, 2.75) is 6.10 Å². The number of hydrogen-bond donors (Lipinski definition) is 0. The predicted molar refractivity (Wildman–Crippen MR) is 82.0 cm³/mol. The molecule has 0 saturated carbocycles. The third-order valence-corrected chi connectivity index (χ3v) is 3.95. The molecule has 1 aliphatic rings. The number of para-hydroxylation sites is 1. The van der Waals surface area contributed by atoms with Gasteiger partial charge in [0.2, 0.25) is 0 Å². The molecule has 0 spiro atoms. The van der Waals surface area contributed by atoms with Gasteiger partial charge in [-0.25, -0.2) is 4.79 Å². The molecule has 2 aromatic carbocycles. The van der Waals surface area contributed by atoms with Crippen LogP contribution in [0.1, 0.15) is 27.6 Å². The van der Waals surface area contributed by atoms with Crippen LogP contribution in [0.3, 0.4) is 0 Å². The number of cyclic esters (lactones) is 1. The molecule has 0 radical (unpaired) electrons. The minimum atomic E-state index is -0.425. The standard InChI is InChI=1S/C18H13NO3/c1-21-11-6-7-14-15(10-11)17(22-18(14)20)13-8-9-19-16-5-3-2-4-12(13)16/h2-10,17H,1H3. The van der Waals surface area contributed by atoms with Crippen molar-refractivity contribution >= 4 is 16.9 Å². The molecule has 0 fully saturated rings. The van der Waals surface area contributed by atoms with Crippen LogP contribution in [0.4, 0.5) is 0 Å². The third-order valence-electron chi connectivity index (χ3n) is 3.95. The zero-order chi connectivity index (χ0) is 15.1. The summed E-state index contributed by atoms with van der Waals surface area (Å²) < 4.78 is 10.9. The second-order valence-corrected chi connectivity index (χ2v) is 5.16. The van der Waals surface area contributed by atoms with E-state index in [2.05, 4.69) is 4.98 Å². The van der Waals surface area contributed by atoms with E-state index in [1.54, 1.807) is 25.4 Å². The number of carbonyl (C=O) groups is 1. The maximum absolute atomic E-state index is 12.1. The van der Waals surface area contributed by atoms with Crippen molar-refractivity contribution in [1.29, 1.82) is 0 Å². The summed E-state index contributed by atoms with van der Waals surface area (Å²) in [7, 11) is 1.61. The second-order valence-electron chi connectivity index (χ2n) is 5.16. The van der Waals surface area contributed by atoms with Gasteiger partial charge >= 0.3 is 5.97 Å². The summed E-state index contributed by atoms with van der Waals surface area (Å²) in [5.74, 6) is 0.406. The molecule has 0 aliphatic carbocycles. The van der Waals surface area contributed by atoms with Gasteiger partial charge < -0.3 is 9.47 Å². The number of hydrogen-bond acceptors (Lipinski definition) is 4. The van der Waals surface area contributed by atoms with Crippen LogP contribution in [0.5, 0.6) is 5.75 Å². The van der Waals surface area contributed by atoms with Crippen molar-refractivity contribution in [3.05, 3.63) is 71.4 Å². The fourth-order valence-electron chi connectivity index (χ4n) is 2.88. The van der Waals surface area contributed by atoms with Gasteiger partial charge in [-0.3, -0.25) is 4.98 Å². The molecule has 4 rings (SSSR count). The van der Waals surface area contributed by atoms with E-state index in [0.717, 1.165) is 22.0 Å². The van der Waals surface area contributed by atoms with E-state index in [0.29, 0.717) is 11.3 Å². The van der Waals surface area contributed by atoms with Gasteiger partial charge in [0.1, 0.15) is 5.75 Å². The number of ether oxygens (including phenoxy) is 2. The van der Waals surface area contributed by atoms with Crippen LogP contribution < -0.4 is 4.74 Å². The summed E-state index contributed by atoms with van der Waals surface area (Å²) in [6.45, 7) is 0. The minimum Gasteiger partial charge on any atom is -0.497 e. The summed E-state index contributed by atoms with van der Waals surface area (Å²) in [6, 6.07) is 15.1. The summed E-state index contributed by atoms with van der Waals surface area (Å²) in [5, 5.41) is 0.985. The quantitative estimate of drug-likeness (QED) is 0.678. The van der Waals surface area contributed by atoms with Crippen LogP contribution in [0.15, 0.2) is 54.7 Å². The highest BCUT2D eigenvalue weighted by atomic mass is 16.5. The molecule has 4 heteroatoms. The van der Waals surface area contributed by atoms with Gasteiger partial charge in [-0.05, 0) is 30.3 Å². The number of esters is 1. The number of fused-ring (bicyclic) bond motifs is 2. The van der Waals surface area contributed by atoms with Crippen molar-refractivity contribution in [2.75, 3.05) is 7.11 Å². The third kappa shape index (κ3) is 1.84. The Hall–Kier alpha value is -2.88. The topological polar surface area (TPSA) is 48.4 Å². The smallest absolute Gasteiger partial charge is 0.339 e. The van der Waals surface area contributed by atoms with Crippen LogP contribution in [0.25, 0.3) is 10.9 Å². The Morgan fingerprint density at radius 1 is 1.09 bits per heavy atom. The van der Waals surface area contributed by atoms with Crippen LogP contribution in [0.2, 0.25) is 0 Å². The summed E-state index contributed by atoms with van der Waals surface area (Å²) in [6.07, 6.45) is 1.31. The molecular weight excluding hydrogens is 278 g/mol. The van der Waals surface area contributed by atoms with Crippen LogP contribution in [0, 0.1) is 0 Å². The molecule has 2 heterocycles. The zero-order valence-corrected chi connectivity index (χ0v) is 11.9. The average molecular weight is 291 g/mol. The van der Waals surface area contributed by atoms with Crippen molar-refractivity contribution in [3.8, 4) is 5.75 Å². The lowest BCUT2D eigenvalue weighted by molar-refractivity contribution is 0.0458. The lowest BCUT2D eigenvalue weighted by Crippen LogP contribution is -2.02. The van der Waals surface area contributed by atoms with Gasteiger partial charge in [0.25, 0.3) is 0 Å². The van der Waals surface area contributed by atoms with Gasteiger partial charge in [0.15, 0.2) is 6.10 Å². The molecule has 1 atom stereocenters. The number of carbonyl (C=O) groups excluding carboxylic acids is 1. The Bertz CT molecular complexity index is 883. The van der Waals surface area contributed by atoms with E-state index < -0.39 is 6.10 Å². The van der Waals surface area contributed by atoms with E-state index in [-0.39, 0.29) is 5.97 Å². The van der Waals surface area contributed by atoms with E-state index in [9.17, 15) is 4.79 Å². The number of methoxy groups -OCH3 is 1. The maximum Gasteiger partial charge on any atom is 0.339 e. The first-order valence-electron chi connectivity index (χ1n) is 7.00. The molecule has 4 nitrogen and oxygen atoms in total. The Labute approximate surface area is 127 Å². The second kappa shape index (κ2) is 4.84. The number of benzene rings is 2. The highest BCUT2D eigenvalue weighted by Crippen LogP contribution is 2.39. The highest BCUT2D eigenvalue weighted by molar-refractivity contribution is 5.96. The number of pyridine rings is 1. The fraction of sp³-hybridized carbons (Fsp3) is 0.111. The normalized spacial score (nSPS) is 16.4. The largest absolute Gasteiger partial charge is 0.497 e. The van der Waals surface area contributed by atoms with Crippen molar-refractivity contribution in [2.24, 2.45) is 0 Å². The summed E-state index contributed by atoms with van der Waals surface area (Å²) >= 11 is 0. The lowest BCUT2D eigenvalue weighted by atomic mass is 9.96. The Balaban J connectivity index is 1.93. The molecule has 0 amide bonds. The molecule has 1 aromatic heterocycles. The first-order valence-corrected chi connectivity index (χ1v) is 7.00. The molecule has 108 valence electrons. The molecule has 0 bridgehead atoms. The molecule has 22 heavy (non-hydrogen) atoms. The molecule has 3 aromatic rings. The van der Waals surface area contributed by atoms with Crippen molar-refractivity contribution in [1.82, 2.24) is 4.98 Å². The van der Waals surface area contributed by atoms with Gasteiger partial charge in [-0.15, -0.1) is 0 Å². The van der Waals surface area contributed by atoms with Crippen LogP contribution in [-0.2, 0) is 4.74 Å². The first-order chi connectivity index (χ1) is 10.8. The SMILES string of the molecule is COc1ccc2c(c1)C(c1ccnc3ccccc13)OC2=O. The number of nitrogens with zero attached hydrogens (tertiary/aromatic N) is 1. The van der Waals surface area contributed by atoms with E-state index in [4.69, 9.17) is 9.47 Å². The fourth-order valence-corrected chi connectivity index (χ4v) is 2.88. The Kier molecular flexibility index (Phi) is 2.82. The Morgan fingerprint density at radius 2 is 1.95 bits per heavy atom. The molecule has 0 saturated heterocycles. The molecular formula is C18H13NO3.